The summed E-state index contributed by atoms with van der Waals surface area (Å²) in [6.07, 6.45) is 0. The van der Waals surface area contributed by atoms with Gasteiger partial charge in [0.2, 0.25) is 10.0 Å². The van der Waals surface area contributed by atoms with Crippen LogP contribution in [0.4, 0.5) is 0 Å². The van der Waals surface area contributed by atoms with Gasteiger partial charge in [0.1, 0.15) is 0 Å². The SMILES string of the molecule is CC(NS(=O)(=O)C(C)C)c1ccc(C(C)(C)C)cc1. The standard InChI is InChI=1S/C15H25NO2S/c1-11(2)19(17,18)16-12(3)13-7-9-14(10-8-13)15(4,5)6/h7-12,16H,1-6H3. The summed E-state index contributed by atoms with van der Waals surface area (Å²) in [7, 11) is -3.23. The zero-order valence-electron chi connectivity index (χ0n) is 12.7. The molecule has 0 spiro atoms. The molecule has 0 amide bonds. The Labute approximate surface area is 117 Å². The molecule has 4 heteroatoms. The Kier molecular flexibility index (Phi) is 4.80. The molecular weight excluding hydrogens is 258 g/mol. The third kappa shape index (κ3) is 4.32. The van der Waals surface area contributed by atoms with Gasteiger partial charge in [-0.25, -0.2) is 13.1 Å². The lowest BCUT2D eigenvalue weighted by atomic mass is 9.86. The highest BCUT2D eigenvalue weighted by atomic mass is 32.2. The molecule has 19 heavy (non-hydrogen) atoms. The summed E-state index contributed by atoms with van der Waals surface area (Å²) in [6, 6.07) is 7.91. The van der Waals surface area contributed by atoms with E-state index in [4.69, 9.17) is 0 Å². The zero-order valence-corrected chi connectivity index (χ0v) is 13.5. The normalized spacial score (nSPS) is 14.7. The Morgan fingerprint density at radius 1 is 1.00 bits per heavy atom. The minimum Gasteiger partial charge on any atom is -0.212 e. The summed E-state index contributed by atoms with van der Waals surface area (Å²) in [5.74, 6) is 0. The first kappa shape index (κ1) is 16.2. The van der Waals surface area contributed by atoms with Gasteiger partial charge in [-0.15, -0.1) is 0 Å². The smallest absolute Gasteiger partial charge is 0.212 e. The zero-order chi connectivity index (χ0) is 14.8. The van der Waals surface area contributed by atoms with Crippen LogP contribution in [0.3, 0.4) is 0 Å². The van der Waals surface area contributed by atoms with Gasteiger partial charge in [0.05, 0.1) is 5.25 Å². The van der Waals surface area contributed by atoms with Crippen molar-refractivity contribution in [3.8, 4) is 0 Å². The van der Waals surface area contributed by atoms with Gasteiger partial charge in [-0.3, -0.25) is 0 Å². The summed E-state index contributed by atoms with van der Waals surface area (Å²) in [5, 5.41) is -0.413. The van der Waals surface area contributed by atoms with Crippen molar-refractivity contribution >= 4 is 10.0 Å². The highest BCUT2D eigenvalue weighted by Gasteiger charge is 2.20. The lowest BCUT2D eigenvalue weighted by Crippen LogP contribution is -2.32. The minimum atomic E-state index is -3.23. The maximum Gasteiger partial charge on any atom is 0.214 e. The Bertz CT molecular complexity index is 510. The second-order valence-corrected chi connectivity index (χ2v) is 8.57. The third-order valence-electron chi connectivity index (χ3n) is 3.24. The first-order chi connectivity index (χ1) is 8.54. The lowest BCUT2D eigenvalue weighted by Gasteiger charge is -2.21. The molecule has 1 atom stereocenters. The number of benzene rings is 1. The van der Waals surface area contributed by atoms with Gasteiger partial charge in [-0.2, -0.15) is 0 Å². The Balaban J connectivity index is 2.88. The monoisotopic (exact) mass is 283 g/mol. The van der Waals surface area contributed by atoms with Crippen molar-refractivity contribution in [1.29, 1.82) is 0 Å². The number of hydrogen-bond acceptors (Lipinski definition) is 2. The Morgan fingerprint density at radius 3 is 1.84 bits per heavy atom. The Hall–Kier alpha value is -0.870. The van der Waals surface area contributed by atoms with Gasteiger partial charge in [0.15, 0.2) is 0 Å². The van der Waals surface area contributed by atoms with Crippen molar-refractivity contribution in [2.75, 3.05) is 0 Å². The summed E-state index contributed by atoms with van der Waals surface area (Å²) < 4.78 is 26.4. The van der Waals surface area contributed by atoms with Crippen LogP contribution >= 0.6 is 0 Å². The average molecular weight is 283 g/mol. The molecule has 0 saturated carbocycles. The Morgan fingerprint density at radius 2 is 1.47 bits per heavy atom. The highest BCUT2D eigenvalue weighted by molar-refractivity contribution is 7.90. The molecular formula is C15H25NO2S. The predicted octanol–water partition coefficient (Wildman–Crippen LogP) is 3.37. The van der Waals surface area contributed by atoms with Crippen LogP contribution in [0.2, 0.25) is 0 Å². The van der Waals surface area contributed by atoms with Crippen LogP contribution in [0.1, 0.15) is 58.7 Å². The maximum atomic E-state index is 11.8. The van der Waals surface area contributed by atoms with E-state index in [0.717, 1.165) is 5.56 Å². The molecule has 0 radical (unpaired) electrons. The first-order valence-corrected chi connectivity index (χ1v) is 8.20. The number of hydrogen-bond donors (Lipinski definition) is 1. The van der Waals surface area contributed by atoms with Crippen LogP contribution in [0.5, 0.6) is 0 Å². The first-order valence-electron chi connectivity index (χ1n) is 6.65. The van der Waals surface area contributed by atoms with Crippen molar-refractivity contribution in [2.24, 2.45) is 0 Å². The predicted molar refractivity (Wildman–Crippen MR) is 80.7 cm³/mol. The molecule has 1 N–H and O–H groups in total. The van der Waals surface area contributed by atoms with Crippen molar-refractivity contribution in [3.63, 3.8) is 0 Å². The second-order valence-electron chi connectivity index (χ2n) is 6.31. The maximum absolute atomic E-state index is 11.8. The molecule has 0 aliphatic rings. The highest BCUT2D eigenvalue weighted by Crippen LogP contribution is 2.24. The van der Waals surface area contributed by atoms with Crippen LogP contribution in [0, 0.1) is 0 Å². The number of nitrogens with one attached hydrogen (secondary N) is 1. The van der Waals surface area contributed by atoms with Gasteiger partial charge in [-0.05, 0) is 37.3 Å². The quantitative estimate of drug-likeness (QED) is 0.921. The van der Waals surface area contributed by atoms with Crippen molar-refractivity contribution in [1.82, 2.24) is 4.72 Å². The fourth-order valence-electron chi connectivity index (χ4n) is 1.72. The van der Waals surface area contributed by atoms with Crippen LogP contribution < -0.4 is 4.72 Å². The van der Waals surface area contributed by atoms with Crippen molar-refractivity contribution < 1.29 is 8.42 Å². The van der Waals surface area contributed by atoms with E-state index in [1.807, 2.05) is 19.1 Å². The summed E-state index contributed by atoms with van der Waals surface area (Å²) in [6.45, 7) is 11.7. The van der Waals surface area contributed by atoms with Gasteiger partial charge < -0.3 is 0 Å². The van der Waals surface area contributed by atoms with Crippen molar-refractivity contribution in [2.45, 2.75) is 58.2 Å². The molecule has 0 aliphatic carbocycles. The molecule has 1 rings (SSSR count). The summed E-state index contributed by atoms with van der Waals surface area (Å²) in [4.78, 5) is 0. The molecule has 1 aromatic rings. The van der Waals surface area contributed by atoms with Crippen LogP contribution in [-0.2, 0) is 15.4 Å². The van der Waals surface area contributed by atoms with Crippen LogP contribution in [-0.4, -0.2) is 13.7 Å². The molecule has 3 nitrogen and oxygen atoms in total. The van der Waals surface area contributed by atoms with Crippen LogP contribution in [0.25, 0.3) is 0 Å². The molecule has 1 aromatic carbocycles. The molecule has 0 heterocycles. The molecule has 0 saturated heterocycles. The second kappa shape index (κ2) is 5.63. The minimum absolute atomic E-state index is 0.110. The van der Waals surface area contributed by atoms with E-state index in [-0.39, 0.29) is 11.5 Å². The number of sulfonamides is 1. The van der Waals surface area contributed by atoms with Crippen LogP contribution in [0.15, 0.2) is 24.3 Å². The van der Waals surface area contributed by atoms with E-state index < -0.39 is 15.3 Å². The topological polar surface area (TPSA) is 46.2 Å². The van der Waals surface area contributed by atoms with Gasteiger partial charge in [-0.1, -0.05) is 45.0 Å². The number of rotatable bonds is 4. The van der Waals surface area contributed by atoms with E-state index in [2.05, 4.69) is 37.6 Å². The lowest BCUT2D eigenvalue weighted by molar-refractivity contribution is 0.557. The largest absolute Gasteiger partial charge is 0.214 e. The van der Waals surface area contributed by atoms with Crippen molar-refractivity contribution in [3.05, 3.63) is 35.4 Å². The van der Waals surface area contributed by atoms with E-state index in [1.54, 1.807) is 13.8 Å². The van der Waals surface area contributed by atoms with Gasteiger partial charge in [0.25, 0.3) is 0 Å². The molecule has 1 unspecified atom stereocenters. The van der Waals surface area contributed by atoms with Gasteiger partial charge >= 0.3 is 0 Å². The molecule has 108 valence electrons. The van der Waals surface area contributed by atoms with E-state index in [9.17, 15) is 8.42 Å². The molecule has 0 aromatic heterocycles. The fourth-order valence-corrected chi connectivity index (χ4v) is 2.62. The van der Waals surface area contributed by atoms with E-state index in [0.29, 0.717) is 0 Å². The van der Waals surface area contributed by atoms with E-state index in [1.165, 1.54) is 5.56 Å². The van der Waals surface area contributed by atoms with E-state index >= 15 is 0 Å². The summed E-state index contributed by atoms with van der Waals surface area (Å²) >= 11 is 0. The average Bonchev–Trinajstić information content (AvgIpc) is 2.27. The third-order valence-corrected chi connectivity index (χ3v) is 5.16. The fraction of sp³-hybridized carbons (Fsp3) is 0.600. The summed E-state index contributed by atoms with van der Waals surface area (Å²) in [5.41, 5.74) is 2.34. The molecule has 0 bridgehead atoms. The molecule has 0 aliphatic heterocycles. The van der Waals surface area contributed by atoms with Gasteiger partial charge in [0, 0.05) is 6.04 Å². The molecule has 0 fully saturated rings.